The molecular weight excluding hydrogens is 204 g/mol. The Labute approximate surface area is 95.6 Å². The lowest BCUT2D eigenvalue weighted by molar-refractivity contribution is 0.322. The molecule has 16 heavy (non-hydrogen) atoms. The Morgan fingerprint density at radius 2 is 2.12 bits per heavy atom. The van der Waals surface area contributed by atoms with Crippen LogP contribution in [0.15, 0.2) is 12.1 Å². The van der Waals surface area contributed by atoms with Crippen LogP contribution in [0.4, 0.5) is 5.82 Å². The number of nitrogens with zero attached hydrogens (tertiary/aromatic N) is 3. The average molecular weight is 222 g/mol. The van der Waals surface area contributed by atoms with E-state index in [-0.39, 0.29) is 0 Å². The molecule has 0 spiro atoms. The zero-order valence-electron chi connectivity index (χ0n) is 9.59. The molecule has 0 unspecified atom stereocenters. The highest BCUT2D eigenvalue weighted by Crippen LogP contribution is 2.17. The normalized spacial score (nSPS) is 17.5. The Morgan fingerprint density at radius 1 is 1.38 bits per heavy atom. The van der Waals surface area contributed by atoms with Crippen molar-refractivity contribution in [3.63, 3.8) is 0 Å². The predicted octanol–water partition coefficient (Wildman–Crippen LogP) is 0.803. The number of hydrogen-bond donors (Lipinski definition) is 1. The molecule has 0 amide bonds. The van der Waals surface area contributed by atoms with E-state index in [4.69, 9.17) is 10.5 Å². The van der Waals surface area contributed by atoms with E-state index in [9.17, 15) is 0 Å². The standard InChI is InChI=1S/C11H18N4O/c1-2-16-11-4-3-10(13-14-11)15-7-5-9(12)6-8-15/h3-4,9H,2,5-8,12H2,1H3. The third-order valence-corrected chi connectivity index (χ3v) is 2.78. The van der Waals surface area contributed by atoms with Crippen LogP contribution in [0.25, 0.3) is 0 Å². The van der Waals surface area contributed by atoms with Gasteiger partial charge in [-0.3, -0.25) is 0 Å². The predicted molar refractivity (Wildman–Crippen MR) is 62.6 cm³/mol. The summed E-state index contributed by atoms with van der Waals surface area (Å²) in [6.07, 6.45) is 2.05. The maximum atomic E-state index is 5.86. The molecule has 1 aliphatic rings. The molecule has 5 heteroatoms. The fourth-order valence-electron chi connectivity index (χ4n) is 1.84. The Kier molecular flexibility index (Phi) is 3.56. The van der Waals surface area contributed by atoms with E-state index in [1.165, 1.54) is 0 Å². The molecule has 1 aromatic rings. The first-order valence-corrected chi connectivity index (χ1v) is 5.76. The number of aromatic nitrogens is 2. The molecule has 0 aliphatic carbocycles. The molecule has 1 fully saturated rings. The van der Waals surface area contributed by atoms with Gasteiger partial charge in [0, 0.05) is 25.2 Å². The number of anilines is 1. The summed E-state index contributed by atoms with van der Waals surface area (Å²) in [6, 6.07) is 4.15. The number of rotatable bonds is 3. The lowest BCUT2D eigenvalue weighted by Crippen LogP contribution is -2.40. The summed E-state index contributed by atoms with van der Waals surface area (Å²) >= 11 is 0. The average Bonchev–Trinajstić information content (AvgIpc) is 2.32. The zero-order chi connectivity index (χ0) is 11.4. The molecule has 5 nitrogen and oxygen atoms in total. The second-order valence-corrected chi connectivity index (χ2v) is 3.99. The van der Waals surface area contributed by atoms with Crippen LogP contribution in [-0.4, -0.2) is 35.9 Å². The fourth-order valence-corrected chi connectivity index (χ4v) is 1.84. The highest BCUT2D eigenvalue weighted by atomic mass is 16.5. The highest BCUT2D eigenvalue weighted by Gasteiger charge is 2.17. The molecule has 0 saturated carbocycles. The second-order valence-electron chi connectivity index (χ2n) is 3.99. The largest absolute Gasteiger partial charge is 0.477 e. The van der Waals surface area contributed by atoms with Crippen molar-refractivity contribution in [1.29, 1.82) is 0 Å². The summed E-state index contributed by atoms with van der Waals surface area (Å²) in [6.45, 7) is 4.47. The molecule has 0 aromatic carbocycles. The summed E-state index contributed by atoms with van der Waals surface area (Å²) in [4.78, 5) is 2.21. The Bertz CT molecular complexity index is 319. The minimum atomic E-state index is 0.340. The van der Waals surface area contributed by atoms with E-state index in [0.717, 1.165) is 31.7 Å². The van der Waals surface area contributed by atoms with Crippen LogP contribution in [0.5, 0.6) is 5.88 Å². The van der Waals surface area contributed by atoms with Crippen LogP contribution >= 0.6 is 0 Å². The third-order valence-electron chi connectivity index (χ3n) is 2.78. The van der Waals surface area contributed by atoms with E-state index >= 15 is 0 Å². The number of ether oxygens (including phenoxy) is 1. The lowest BCUT2D eigenvalue weighted by Gasteiger charge is -2.30. The van der Waals surface area contributed by atoms with E-state index in [1.807, 2.05) is 19.1 Å². The zero-order valence-corrected chi connectivity index (χ0v) is 9.59. The van der Waals surface area contributed by atoms with Gasteiger partial charge in [-0.1, -0.05) is 0 Å². The summed E-state index contributed by atoms with van der Waals surface area (Å²) in [7, 11) is 0. The maximum absolute atomic E-state index is 5.86. The number of nitrogens with two attached hydrogens (primary N) is 1. The SMILES string of the molecule is CCOc1ccc(N2CCC(N)CC2)nn1. The molecule has 2 rings (SSSR count). The summed E-state index contributed by atoms with van der Waals surface area (Å²) in [5, 5.41) is 8.17. The van der Waals surface area contributed by atoms with Crippen LogP contribution in [0.2, 0.25) is 0 Å². The minimum Gasteiger partial charge on any atom is -0.477 e. The maximum Gasteiger partial charge on any atom is 0.233 e. The molecular formula is C11H18N4O. The molecule has 1 aliphatic heterocycles. The summed E-state index contributed by atoms with van der Waals surface area (Å²) < 4.78 is 5.25. The fraction of sp³-hybridized carbons (Fsp3) is 0.636. The highest BCUT2D eigenvalue weighted by molar-refractivity contribution is 5.38. The molecule has 1 saturated heterocycles. The molecule has 0 radical (unpaired) electrons. The van der Waals surface area contributed by atoms with Crippen LogP contribution < -0.4 is 15.4 Å². The quantitative estimate of drug-likeness (QED) is 0.819. The van der Waals surface area contributed by atoms with Crippen LogP contribution in [0, 0.1) is 0 Å². The van der Waals surface area contributed by atoms with Gasteiger partial charge in [-0.25, -0.2) is 0 Å². The van der Waals surface area contributed by atoms with Crippen molar-refractivity contribution in [2.75, 3.05) is 24.6 Å². The molecule has 1 aromatic heterocycles. The first-order chi connectivity index (χ1) is 7.79. The van der Waals surface area contributed by atoms with Gasteiger partial charge in [0.2, 0.25) is 5.88 Å². The van der Waals surface area contributed by atoms with Gasteiger partial charge in [0.1, 0.15) is 0 Å². The topological polar surface area (TPSA) is 64.3 Å². The first kappa shape index (κ1) is 11.1. The van der Waals surface area contributed by atoms with Gasteiger partial charge in [-0.2, -0.15) is 0 Å². The minimum absolute atomic E-state index is 0.340. The molecule has 2 N–H and O–H groups in total. The van der Waals surface area contributed by atoms with Crippen molar-refractivity contribution in [3.8, 4) is 5.88 Å². The van der Waals surface area contributed by atoms with Crippen molar-refractivity contribution < 1.29 is 4.74 Å². The van der Waals surface area contributed by atoms with E-state index in [0.29, 0.717) is 18.5 Å². The molecule has 0 bridgehead atoms. The van der Waals surface area contributed by atoms with E-state index in [1.54, 1.807) is 0 Å². The van der Waals surface area contributed by atoms with Crippen molar-refractivity contribution in [2.45, 2.75) is 25.8 Å². The van der Waals surface area contributed by atoms with Crippen molar-refractivity contribution in [3.05, 3.63) is 12.1 Å². The van der Waals surface area contributed by atoms with Gasteiger partial charge in [-0.15, -0.1) is 10.2 Å². The van der Waals surface area contributed by atoms with Gasteiger partial charge < -0.3 is 15.4 Å². The monoisotopic (exact) mass is 222 g/mol. The van der Waals surface area contributed by atoms with Crippen molar-refractivity contribution >= 4 is 5.82 Å². The van der Waals surface area contributed by atoms with Crippen molar-refractivity contribution in [1.82, 2.24) is 10.2 Å². The summed E-state index contributed by atoms with van der Waals surface area (Å²) in [5.74, 6) is 1.50. The Hall–Kier alpha value is -1.36. The first-order valence-electron chi connectivity index (χ1n) is 5.76. The van der Waals surface area contributed by atoms with Gasteiger partial charge in [-0.05, 0) is 25.8 Å². The third kappa shape index (κ3) is 2.61. The van der Waals surface area contributed by atoms with Crippen LogP contribution in [0.1, 0.15) is 19.8 Å². The van der Waals surface area contributed by atoms with E-state index in [2.05, 4.69) is 15.1 Å². The summed E-state index contributed by atoms with van der Waals surface area (Å²) in [5.41, 5.74) is 5.86. The van der Waals surface area contributed by atoms with Gasteiger partial charge in [0.05, 0.1) is 6.61 Å². The van der Waals surface area contributed by atoms with Crippen molar-refractivity contribution in [2.24, 2.45) is 5.73 Å². The van der Waals surface area contributed by atoms with Crippen LogP contribution in [0.3, 0.4) is 0 Å². The Balaban J connectivity index is 1.98. The second kappa shape index (κ2) is 5.12. The van der Waals surface area contributed by atoms with Gasteiger partial charge in [0.25, 0.3) is 0 Å². The van der Waals surface area contributed by atoms with E-state index < -0.39 is 0 Å². The molecule has 88 valence electrons. The van der Waals surface area contributed by atoms with Crippen LogP contribution in [-0.2, 0) is 0 Å². The smallest absolute Gasteiger partial charge is 0.233 e. The molecule has 2 heterocycles. The lowest BCUT2D eigenvalue weighted by atomic mass is 10.1. The molecule has 0 atom stereocenters. The number of hydrogen-bond acceptors (Lipinski definition) is 5. The van der Waals surface area contributed by atoms with Gasteiger partial charge in [0.15, 0.2) is 5.82 Å². The Morgan fingerprint density at radius 3 is 2.69 bits per heavy atom. The number of piperidine rings is 1. The van der Waals surface area contributed by atoms with Gasteiger partial charge >= 0.3 is 0 Å².